The Morgan fingerprint density at radius 3 is 1.92 bits per heavy atom. The molecule has 12 heavy (non-hydrogen) atoms. The fourth-order valence-corrected chi connectivity index (χ4v) is 3.42. The summed E-state index contributed by atoms with van der Waals surface area (Å²) in [6.07, 6.45) is 2.00. The lowest BCUT2D eigenvalue weighted by Crippen LogP contribution is -2.25. The zero-order chi connectivity index (χ0) is 8.39. The van der Waals surface area contributed by atoms with E-state index in [4.69, 9.17) is 0 Å². The minimum Gasteiger partial charge on any atom is -0.297 e. The molecule has 0 aromatic rings. The van der Waals surface area contributed by atoms with E-state index in [0.29, 0.717) is 5.78 Å². The van der Waals surface area contributed by atoms with Gasteiger partial charge in [0.1, 0.15) is 0 Å². The molecule has 2 aliphatic heterocycles. The maximum atomic E-state index is 11.7. The second kappa shape index (κ2) is 4.00. The summed E-state index contributed by atoms with van der Waals surface area (Å²) in [7, 11) is 0. The van der Waals surface area contributed by atoms with Crippen molar-refractivity contribution in [2.75, 3.05) is 13.1 Å². The highest BCUT2D eigenvalue weighted by atomic mass is 32.2. The lowest BCUT2D eigenvalue weighted by Gasteiger charge is -2.10. The lowest BCUT2D eigenvalue weighted by molar-refractivity contribution is -0.118. The molecule has 2 unspecified atom stereocenters. The molecule has 0 aliphatic carbocycles. The Kier molecular flexibility index (Phi) is 2.96. The van der Waals surface area contributed by atoms with Crippen molar-refractivity contribution in [2.45, 2.75) is 23.3 Å². The van der Waals surface area contributed by atoms with Crippen molar-refractivity contribution in [1.29, 1.82) is 0 Å². The summed E-state index contributed by atoms with van der Waals surface area (Å²) >= 11 is 3.19. The summed E-state index contributed by atoms with van der Waals surface area (Å²) < 4.78 is 6.29. The number of hydrogen-bond acceptors (Lipinski definition) is 5. The third-order valence-electron chi connectivity index (χ3n) is 2.10. The van der Waals surface area contributed by atoms with Crippen LogP contribution in [-0.4, -0.2) is 29.4 Å². The van der Waals surface area contributed by atoms with Crippen LogP contribution in [0.3, 0.4) is 0 Å². The van der Waals surface area contributed by atoms with Crippen LogP contribution in [-0.2, 0) is 4.79 Å². The molecule has 0 saturated carbocycles. The summed E-state index contributed by atoms with van der Waals surface area (Å²) in [5.41, 5.74) is 0. The molecule has 3 nitrogen and oxygen atoms in total. The van der Waals surface area contributed by atoms with Crippen LogP contribution in [0.2, 0.25) is 0 Å². The molecule has 0 spiro atoms. The van der Waals surface area contributed by atoms with E-state index < -0.39 is 0 Å². The Labute approximate surface area is 80.7 Å². The Bertz CT molecular complexity index is 158. The molecule has 2 fully saturated rings. The molecule has 2 heterocycles. The number of Topliss-reactive ketones (excluding diaryl/α,β-unsaturated/α-hetero) is 1. The maximum Gasteiger partial charge on any atom is 0.161 e. The second-order valence-electron chi connectivity index (χ2n) is 2.98. The van der Waals surface area contributed by atoms with Crippen molar-refractivity contribution in [3.63, 3.8) is 0 Å². The van der Waals surface area contributed by atoms with Gasteiger partial charge >= 0.3 is 0 Å². The van der Waals surface area contributed by atoms with Gasteiger partial charge in [-0.1, -0.05) is 23.9 Å². The second-order valence-corrected chi connectivity index (χ2v) is 5.17. The van der Waals surface area contributed by atoms with E-state index in [1.807, 2.05) is 0 Å². The molecular formula is C7H12N2OS2. The summed E-state index contributed by atoms with van der Waals surface area (Å²) in [4.78, 5) is 11.7. The van der Waals surface area contributed by atoms with Gasteiger partial charge in [0.05, 0.1) is 10.5 Å². The largest absolute Gasteiger partial charge is 0.297 e. The summed E-state index contributed by atoms with van der Waals surface area (Å²) in [5, 5.41) is 0.421. The predicted molar refractivity (Wildman–Crippen MR) is 53.0 cm³/mol. The van der Waals surface area contributed by atoms with E-state index >= 15 is 0 Å². The van der Waals surface area contributed by atoms with Gasteiger partial charge in [-0.25, -0.2) is 0 Å². The standard InChI is InChI=1S/C7H12N2OS2/c10-7(5-1-3-8-11-5)6-2-4-9-12-6/h5-6,8-9H,1-4H2. The smallest absolute Gasteiger partial charge is 0.161 e. The molecule has 2 saturated heterocycles. The zero-order valence-electron chi connectivity index (χ0n) is 6.71. The van der Waals surface area contributed by atoms with Crippen LogP contribution in [0.5, 0.6) is 0 Å². The molecule has 5 heteroatoms. The first-order valence-electron chi connectivity index (χ1n) is 4.18. The van der Waals surface area contributed by atoms with Crippen LogP contribution in [0.4, 0.5) is 0 Å². The van der Waals surface area contributed by atoms with Gasteiger partial charge < -0.3 is 0 Å². The average molecular weight is 204 g/mol. The van der Waals surface area contributed by atoms with Gasteiger partial charge in [0.25, 0.3) is 0 Å². The third-order valence-corrected chi connectivity index (χ3v) is 4.35. The van der Waals surface area contributed by atoms with Gasteiger partial charge in [-0.05, 0) is 12.8 Å². The molecule has 2 rings (SSSR count). The number of ketones is 1. The molecule has 2 N–H and O–H groups in total. The maximum absolute atomic E-state index is 11.7. The van der Waals surface area contributed by atoms with E-state index in [-0.39, 0.29) is 10.5 Å². The monoisotopic (exact) mass is 204 g/mol. The molecule has 68 valence electrons. The summed E-state index contributed by atoms with van der Waals surface area (Å²) in [5.74, 6) is 0.417. The normalized spacial score (nSPS) is 35.7. The average Bonchev–Trinajstić information content (AvgIpc) is 2.77. The SMILES string of the molecule is O=C(C1CCNS1)C1CCNS1. The first kappa shape index (κ1) is 8.87. The third kappa shape index (κ3) is 1.79. The Hall–Kier alpha value is 0.290. The van der Waals surface area contributed by atoms with E-state index in [1.165, 1.54) is 0 Å². The van der Waals surface area contributed by atoms with E-state index in [0.717, 1.165) is 25.9 Å². The van der Waals surface area contributed by atoms with Crippen LogP contribution in [0.15, 0.2) is 0 Å². The Morgan fingerprint density at radius 2 is 1.58 bits per heavy atom. The minimum absolute atomic E-state index is 0.211. The lowest BCUT2D eigenvalue weighted by atomic mass is 10.1. The molecular weight excluding hydrogens is 192 g/mol. The van der Waals surface area contributed by atoms with Crippen LogP contribution < -0.4 is 9.44 Å². The number of carbonyl (C=O) groups excluding carboxylic acids is 1. The number of carbonyl (C=O) groups is 1. The van der Waals surface area contributed by atoms with Crippen molar-refractivity contribution in [2.24, 2.45) is 0 Å². The highest BCUT2D eigenvalue weighted by molar-refractivity contribution is 8.00. The number of hydrogen-bond donors (Lipinski definition) is 2. The van der Waals surface area contributed by atoms with Crippen molar-refractivity contribution in [3.05, 3.63) is 0 Å². The van der Waals surface area contributed by atoms with Gasteiger partial charge in [-0.15, -0.1) is 0 Å². The molecule has 0 aromatic heterocycles. The van der Waals surface area contributed by atoms with Crippen LogP contribution >= 0.6 is 23.9 Å². The highest BCUT2D eigenvalue weighted by Crippen LogP contribution is 2.27. The van der Waals surface area contributed by atoms with Crippen LogP contribution in [0, 0.1) is 0 Å². The van der Waals surface area contributed by atoms with Gasteiger partial charge in [-0.3, -0.25) is 14.2 Å². The van der Waals surface area contributed by atoms with Crippen molar-refractivity contribution in [3.8, 4) is 0 Å². The Morgan fingerprint density at radius 1 is 1.08 bits per heavy atom. The van der Waals surface area contributed by atoms with Gasteiger partial charge in [-0.2, -0.15) is 0 Å². The zero-order valence-corrected chi connectivity index (χ0v) is 8.34. The molecule has 0 radical (unpaired) electrons. The molecule has 0 bridgehead atoms. The van der Waals surface area contributed by atoms with Crippen molar-refractivity contribution >= 4 is 29.7 Å². The minimum atomic E-state index is 0.211. The van der Waals surface area contributed by atoms with E-state index in [9.17, 15) is 4.79 Å². The molecule has 0 amide bonds. The Balaban J connectivity index is 1.89. The topological polar surface area (TPSA) is 41.1 Å². The fourth-order valence-electron chi connectivity index (χ4n) is 1.42. The van der Waals surface area contributed by atoms with E-state index in [2.05, 4.69) is 9.44 Å². The van der Waals surface area contributed by atoms with Crippen LogP contribution in [0.1, 0.15) is 12.8 Å². The molecule has 2 aliphatic rings. The van der Waals surface area contributed by atoms with Gasteiger partial charge in [0.15, 0.2) is 5.78 Å². The summed E-state index contributed by atoms with van der Waals surface area (Å²) in [6, 6.07) is 0. The predicted octanol–water partition coefficient (Wildman–Crippen LogP) is 0.576. The van der Waals surface area contributed by atoms with Gasteiger partial charge in [0, 0.05) is 13.1 Å². The number of nitrogens with one attached hydrogen (secondary N) is 2. The highest BCUT2D eigenvalue weighted by Gasteiger charge is 2.32. The van der Waals surface area contributed by atoms with E-state index in [1.54, 1.807) is 23.9 Å². The quantitative estimate of drug-likeness (QED) is 0.644. The summed E-state index contributed by atoms with van der Waals surface area (Å²) in [6.45, 7) is 1.96. The number of rotatable bonds is 2. The first-order valence-corrected chi connectivity index (χ1v) is 5.94. The van der Waals surface area contributed by atoms with Crippen molar-refractivity contribution < 1.29 is 4.79 Å². The fraction of sp³-hybridized carbons (Fsp3) is 0.857. The van der Waals surface area contributed by atoms with Gasteiger partial charge in [0.2, 0.25) is 0 Å². The van der Waals surface area contributed by atoms with Crippen molar-refractivity contribution in [1.82, 2.24) is 9.44 Å². The van der Waals surface area contributed by atoms with Crippen LogP contribution in [0.25, 0.3) is 0 Å². The first-order chi connectivity index (χ1) is 5.88. The molecule has 2 atom stereocenters. The molecule has 0 aromatic carbocycles.